The number of hydrogen-bond donors (Lipinski definition) is 0. The van der Waals surface area contributed by atoms with Gasteiger partial charge in [0.1, 0.15) is 11.5 Å². The number of aryl methyl sites for hydroxylation is 1. The molecule has 9 nitrogen and oxygen atoms in total. The van der Waals surface area contributed by atoms with Crippen LogP contribution in [0.3, 0.4) is 0 Å². The van der Waals surface area contributed by atoms with Crippen molar-refractivity contribution in [3.8, 4) is 11.3 Å². The largest absolute Gasteiger partial charge is 0.465 e. The van der Waals surface area contributed by atoms with Crippen LogP contribution in [0.15, 0.2) is 69.7 Å². The van der Waals surface area contributed by atoms with E-state index in [9.17, 15) is 19.7 Å². The first-order valence-corrected chi connectivity index (χ1v) is 9.94. The first-order valence-electron chi connectivity index (χ1n) is 9.94. The van der Waals surface area contributed by atoms with Gasteiger partial charge in [0.15, 0.2) is 0 Å². The molecular formula is C24H19N3O6. The molecule has 0 fully saturated rings. The lowest BCUT2D eigenvalue weighted by molar-refractivity contribution is -0.384. The number of carbonyl (C=O) groups is 2. The second-order valence-electron chi connectivity index (χ2n) is 7.36. The van der Waals surface area contributed by atoms with Gasteiger partial charge in [-0.05, 0) is 61.9 Å². The molecule has 4 rings (SSSR count). The van der Waals surface area contributed by atoms with Gasteiger partial charge in [-0.3, -0.25) is 14.9 Å². The number of ether oxygens (including phenoxy) is 1. The summed E-state index contributed by atoms with van der Waals surface area (Å²) >= 11 is 0. The Balaban J connectivity index is 1.60. The Morgan fingerprint density at radius 2 is 1.85 bits per heavy atom. The van der Waals surface area contributed by atoms with E-state index < -0.39 is 10.9 Å². The number of nitro groups is 1. The minimum Gasteiger partial charge on any atom is -0.465 e. The lowest BCUT2D eigenvalue weighted by Gasteiger charge is -2.12. The van der Waals surface area contributed by atoms with Crippen molar-refractivity contribution in [2.75, 3.05) is 12.1 Å². The number of amides is 1. The van der Waals surface area contributed by atoms with Gasteiger partial charge >= 0.3 is 5.97 Å². The molecule has 1 amide bonds. The third kappa shape index (κ3) is 4.16. The fourth-order valence-electron chi connectivity index (χ4n) is 3.42. The SMILES string of the molecule is COC(=O)c1ccc(N2N=C(C)C(=Cc3ccc(-c4cc([N+](=O)[O-])ccc4C)o3)C2=O)cc1. The predicted molar refractivity (Wildman–Crippen MR) is 122 cm³/mol. The number of rotatable bonds is 5. The highest BCUT2D eigenvalue weighted by atomic mass is 16.6. The van der Waals surface area contributed by atoms with Gasteiger partial charge in [0.2, 0.25) is 0 Å². The smallest absolute Gasteiger partial charge is 0.337 e. The number of esters is 1. The topological polar surface area (TPSA) is 115 Å². The molecular weight excluding hydrogens is 426 g/mol. The second kappa shape index (κ2) is 8.54. The molecule has 0 bridgehead atoms. The number of hydrogen-bond acceptors (Lipinski definition) is 7. The van der Waals surface area contributed by atoms with E-state index >= 15 is 0 Å². The van der Waals surface area contributed by atoms with E-state index in [1.807, 2.05) is 6.92 Å². The van der Waals surface area contributed by atoms with Crippen LogP contribution in [0.4, 0.5) is 11.4 Å². The van der Waals surface area contributed by atoms with Gasteiger partial charge in [-0.1, -0.05) is 6.07 Å². The van der Waals surface area contributed by atoms with Gasteiger partial charge in [0.25, 0.3) is 11.6 Å². The van der Waals surface area contributed by atoms with E-state index in [-0.39, 0.29) is 11.6 Å². The van der Waals surface area contributed by atoms with Crippen molar-refractivity contribution in [1.29, 1.82) is 0 Å². The van der Waals surface area contributed by atoms with Gasteiger partial charge in [-0.2, -0.15) is 10.1 Å². The molecule has 166 valence electrons. The third-order valence-corrected chi connectivity index (χ3v) is 5.21. The highest BCUT2D eigenvalue weighted by Gasteiger charge is 2.29. The average molecular weight is 445 g/mol. The quantitative estimate of drug-likeness (QED) is 0.242. The third-order valence-electron chi connectivity index (χ3n) is 5.21. The summed E-state index contributed by atoms with van der Waals surface area (Å²) in [5.41, 5.74) is 3.11. The Bertz CT molecular complexity index is 1330. The highest BCUT2D eigenvalue weighted by molar-refractivity contribution is 6.32. The van der Waals surface area contributed by atoms with Gasteiger partial charge in [-0.25, -0.2) is 4.79 Å². The van der Waals surface area contributed by atoms with Gasteiger partial charge in [-0.15, -0.1) is 0 Å². The van der Waals surface area contributed by atoms with Crippen LogP contribution in [0.25, 0.3) is 17.4 Å². The Hall–Kier alpha value is -4.53. The lowest BCUT2D eigenvalue weighted by Crippen LogP contribution is -2.21. The molecule has 2 heterocycles. The fraction of sp³-hybridized carbons (Fsp3) is 0.125. The summed E-state index contributed by atoms with van der Waals surface area (Å²) in [5.74, 6) is 0.0556. The molecule has 1 aliphatic heterocycles. The summed E-state index contributed by atoms with van der Waals surface area (Å²) in [7, 11) is 1.30. The number of hydrazone groups is 1. The monoisotopic (exact) mass is 445 g/mol. The van der Waals surface area contributed by atoms with Crippen LogP contribution in [0, 0.1) is 17.0 Å². The molecule has 0 N–H and O–H groups in total. The van der Waals surface area contributed by atoms with E-state index in [0.29, 0.717) is 39.6 Å². The molecule has 0 aliphatic carbocycles. The molecule has 2 aromatic carbocycles. The van der Waals surface area contributed by atoms with Crippen molar-refractivity contribution < 1.29 is 23.7 Å². The van der Waals surface area contributed by atoms with Crippen LogP contribution in [-0.2, 0) is 9.53 Å². The molecule has 0 radical (unpaired) electrons. The number of carbonyl (C=O) groups excluding carboxylic acids is 2. The van der Waals surface area contributed by atoms with E-state index in [0.717, 1.165) is 5.56 Å². The Labute approximate surface area is 188 Å². The zero-order valence-corrected chi connectivity index (χ0v) is 18.1. The van der Waals surface area contributed by atoms with Crippen molar-refractivity contribution in [1.82, 2.24) is 0 Å². The molecule has 1 aromatic heterocycles. The first-order chi connectivity index (χ1) is 15.8. The molecule has 0 saturated heterocycles. The number of furan rings is 1. The maximum absolute atomic E-state index is 13.0. The molecule has 9 heteroatoms. The van der Waals surface area contributed by atoms with Gasteiger partial charge < -0.3 is 9.15 Å². The summed E-state index contributed by atoms with van der Waals surface area (Å²) < 4.78 is 10.5. The maximum Gasteiger partial charge on any atom is 0.337 e. The van der Waals surface area contributed by atoms with Crippen LogP contribution in [0.1, 0.15) is 28.6 Å². The van der Waals surface area contributed by atoms with Gasteiger partial charge in [0.05, 0.1) is 34.6 Å². The van der Waals surface area contributed by atoms with Crippen molar-refractivity contribution in [3.63, 3.8) is 0 Å². The normalized spacial score (nSPS) is 14.5. The lowest BCUT2D eigenvalue weighted by atomic mass is 10.1. The van der Waals surface area contributed by atoms with E-state index in [1.165, 1.54) is 24.3 Å². The zero-order chi connectivity index (χ0) is 23.7. The summed E-state index contributed by atoms with van der Waals surface area (Å²) in [4.78, 5) is 35.2. The van der Waals surface area contributed by atoms with Crippen LogP contribution in [0.5, 0.6) is 0 Å². The predicted octanol–water partition coefficient (Wildman–Crippen LogP) is 4.76. The highest BCUT2D eigenvalue weighted by Crippen LogP contribution is 2.31. The molecule has 0 saturated carbocycles. The van der Waals surface area contributed by atoms with Gasteiger partial charge in [0, 0.05) is 17.7 Å². The number of nitro benzene ring substituents is 1. The number of nitrogens with zero attached hydrogens (tertiary/aromatic N) is 3. The van der Waals surface area contributed by atoms with Crippen LogP contribution >= 0.6 is 0 Å². The van der Waals surface area contributed by atoms with Crippen LogP contribution in [-0.4, -0.2) is 29.6 Å². The standard InChI is InChI=1S/C24H19N3O6/c1-14-4-7-18(27(30)31)12-20(14)22-11-10-19(33-22)13-21-15(2)25-26(23(21)28)17-8-5-16(6-9-17)24(29)32-3/h4-13H,1-3H3. The zero-order valence-electron chi connectivity index (χ0n) is 18.1. The number of benzene rings is 2. The minimum absolute atomic E-state index is 0.0327. The fourth-order valence-corrected chi connectivity index (χ4v) is 3.42. The molecule has 3 aromatic rings. The molecule has 0 atom stereocenters. The Morgan fingerprint density at radius 1 is 1.12 bits per heavy atom. The molecule has 0 spiro atoms. The van der Waals surface area contributed by atoms with Crippen molar-refractivity contribution in [2.45, 2.75) is 13.8 Å². The molecule has 1 aliphatic rings. The van der Waals surface area contributed by atoms with E-state index in [2.05, 4.69) is 9.84 Å². The summed E-state index contributed by atoms with van der Waals surface area (Å²) in [5, 5.41) is 16.7. The first kappa shape index (κ1) is 21.7. The van der Waals surface area contributed by atoms with E-state index in [1.54, 1.807) is 55.5 Å². The second-order valence-corrected chi connectivity index (χ2v) is 7.36. The Morgan fingerprint density at radius 3 is 2.52 bits per heavy atom. The number of anilines is 1. The van der Waals surface area contributed by atoms with Crippen molar-refractivity contribution in [2.24, 2.45) is 5.10 Å². The van der Waals surface area contributed by atoms with Crippen LogP contribution in [0.2, 0.25) is 0 Å². The van der Waals surface area contributed by atoms with Crippen molar-refractivity contribution in [3.05, 3.63) is 87.2 Å². The molecule has 0 unspecified atom stereocenters. The van der Waals surface area contributed by atoms with E-state index in [4.69, 9.17) is 4.42 Å². The summed E-state index contributed by atoms with van der Waals surface area (Å²) in [6.07, 6.45) is 1.58. The average Bonchev–Trinajstić information content (AvgIpc) is 3.39. The molecule has 33 heavy (non-hydrogen) atoms. The number of non-ortho nitro benzene ring substituents is 1. The number of methoxy groups -OCH3 is 1. The summed E-state index contributed by atoms with van der Waals surface area (Å²) in [6.45, 7) is 3.54. The summed E-state index contributed by atoms with van der Waals surface area (Å²) in [6, 6.07) is 14.3. The Kier molecular flexibility index (Phi) is 5.61. The minimum atomic E-state index is -0.470. The van der Waals surface area contributed by atoms with Crippen molar-refractivity contribution >= 4 is 35.0 Å². The van der Waals surface area contributed by atoms with Crippen LogP contribution < -0.4 is 5.01 Å². The maximum atomic E-state index is 13.0.